The SMILES string of the molecule is CCC(O)(CC)CNc1cc([N+](=O)[O-])ccc1C. The first kappa shape index (κ1) is 14.4. The Hall–Kier alpha value is -1.62. The summed E-state index contributed by atoms with van der Waals surface area (Å²) in [5.74, 6) is 0. The number of nitro benzene ring substituents is 1. The molecule has 0 aliphatic rings. The van der Waals surface area contributed by atoms with E-state index >= 15 is 0 Å². The van der Waals surface area contributed by atoms with Crippen molar-refractivity contribution in [2.24, 2.45) is 0 Å². The maximum absolute atomic E-state index is 10.7. The molecule has 0 unspecified atom stereocenters. The fourth-order valence-electron chi connectivity index (χ4n) is 1.67. The average Bonchev–Trinajstić information content (AvgIpc) is 2.37. The summed E-state index contributed by atoms with van der Waals surface area (Å²) in [6.45, 7) is 6.11. The predicted octanol–water partition coefficient (Wildman–Crippen LogP) is 2.87. The van der Waals surface area contributed by atoms with Gasteiger partial charge in [0.05, 0.1) is 10.5 Å². The van der Waals surface area contributed by atoms with Crippen LogP contribution in [0.5, 0.6) is 0 Å². The number of benzene rings is 1. The monoisotopic (exact) mass is 252 g/mol. The maximum Gasteiger partial charge on any atom is 0.271 e. The van der Waals surface area contributed by atoms with E-state index in [9.17, 15) is 15.2 Å². The summed E-state index contributed by atoms with van der Waals surface area (Å²) in [6, 6.07) is 4.69. The number of rotatable bonds is 6. The normalized spacial score (nSPS) is 11.3. The van der Waals surface area contributed by atoms with Crippen LogP contribution >= 0.6 is 0 Å². The van der Waals surface area contributed by atoms with Gasteiger partial charge in [-0.2, -0.15) is 0 Å². The van der Waals surface area contributed by atoms with Gasteiger partial charge in [-0.15, -0.1) is 0 Å². The van der Waals surface area contributed by atoms with Crippen molar-refractivity contribution in [3.63, 3.8) is 0 Å². The maximum atomic E-state index is 10.7. The molecular weight excluding hydrogens is 232 g/mol. The zero-order valence-electron chi connectivity index (χ0n) is 11.1. The molecule has 1 rings (SSSR count). The van der Waals surface area contributed by atoms with Crippen LogP contribution in [0.2, 0.25) is 0 Å². The molecule has 1 aromatic carbocycles. The quantitative estimate of drug-likeness (QED) is 0.603. The molecule has 0 saturated heterocycles. The molecular formula is C13H20N2O3. The third kappa shape index (κ3) is 3.43. The zero-order chi connectivity index (χ0) is 13.8. The number of aryl methyl sites for hydroxylation is 1. The van der Waals surface area contributed by atoms with Crippen LogP contribution < -0.4 is 5.32 Å². The Morgan fingerprint density at radius 1 is 1.39 bits per heavy atom. The molecule has 0 aliphatic carbocycles. The van der Waals surface area contributed by atoms with Crippen LogP contribution in [0.1, 0.15) is 32.3 Å². The minimum absolute atomic E-state index is 0.0552. The van der Waals surface area contributed by atoms with Crippen molar-refractivity contribution in [1.82, 2.24) is 0 Å². The van der Waals surface area contributed by atoms with E-state index in [0.717, 1.165) is 5.56 Å². The van der Waals surface area contributed by atoms with Crippen LogP contribution in [0.4, 0.5) is 11.4 Å². The number of nitrogens with zero attached hydrogens (tertiary/aromatic N) is 1. The molecule has 5 nitrogen and oxygen atoms in total. The van der Waals surface area contributed by atoms with Gasteiger partial charge in [0.2, 0.25) is 0 Å². The zero-order valence-corrected chi connectivity index (χ0v) is 11.1. The van der Waals surface area contributed by atoms with Crippen molar-refractivity contribution >= 4 is 11.4 Å². The minimum atomic E-state index is -0.767. The highest BCUT2D eigenvalue weighted by molar-refractivity contribution is 5.56. The number of hydrogen-bond acceptors (Lipinski definition) is 4. The summed E-state index contributed by atoms with van der Waals surface area (Å²) in [5, 5.41) is 24.0. The van der Waals surface area contributed by atoms with Gasteiger partial charge >= 0.3 is 0 Å². The van der Waals surface area contributed by atoms with Crippen LogP contribution in [-0.4, -0.2) is 22.2 Å². The van der Waals surface area contributed by atoms with Crippen molar-refractivity contribution in [3.8, 4) is 0 Å². The van der Waals surface area contributed by atoms with Gasteiger partial charge in [-0.1, -0.05) is 19.9 Å². The summed E-state index contributed by atoms with van der Waals surface area (Å²) < 4.78 is 0. The van der Waals surface area contributed by atoms with E-state index < -0.39 is 10.5 Å². The summed E-state index contributed by atoms with van der Waals surface area (Å²) >= 11 is 0. The van der Waals surface area contributed by atoms with E-state index in [1.807, 2.05) is 20.8 Å². The Kier molecular flexibility index (Phi) is 4.67. The topological polar surface area (TPSA) is 75.4 Å². The second kappa shape index (κ2) is 5.82. The lowest BCUT2D eigenvalue weighted by Crippen LogP contribution is -2.35. The van der Waals surface area contributed by atoms with Gasteiger partial charge in [0.15, 0.2) is 0 Å². The Labute approximate surface area is 107 Å². The van der Waals surface area contributed by atoms with Gasteiger partial charge in [-0.05, 0) is 25.3 Å². The van der Waals surface area contributed by atoms with E-state index in [-0.39, 0.29) is 5.69 Å². The molecule has 0 heterocycles. The molecule has 0 saturated carbocycles. The van der Waals surface area contributed by atoms with Crippen LogP contribution in [0.25, 0.3) is 0 Å². The summed E-state index contributed by atoms with van der Waals surface area (Å²) in [5.41, 5.74) is 0.913. The smallest absolute Gasteiger partial charge is 0.271 e. The molecule has 18 heavy (non-hydrogen) atoms. The lowest BCUT2D eigenvalue weighted by atomic mass is 9.97. The molecule has 0 atom stereocenters. The van der Waals surface area contributed by atoms with Gasteiger partial charge in [0.1, 0.15) is 0 Å². The summed E-state index contributed by atoms with van der Waals surface area (Å²) in [7, 11) is 0. The lowest BCUT2D eigenvalue weighted by molar-refractivity contribution is -0.384. The van der Waals surface area contributed by atoms with Crippen molar-refractivity contribution in [2.75, 3.05) is 11.9 Å². The molecule has 0 spiro atoms. The van der Waals surface area contributed by atoms with E-state index in [2.05, 4.69) is 5.32 Å². The molecule has 0 aliphatic heterocycles. The summed E-state index contributed by atoms with van der Waals surface area (Å²) in [4.78, 5) is 10.3. The van der Waals surface area contributed by atoms with Crippen molar-refractivity contribution in [2.45, 2.75) is 39.2 Å². The van der Waals surface area contributed by atoms with Crippen molar-refractivity contribution in [1.29, 1.82) is 0 Å². The molecule has 2 N–H and O–H groups in total. The Morgan fingerprint density at radius 2 is 2.00 bits per heavy atom. The molecule has 1 aromatic rings. The number of aliphatic hydroxyl groups is 1. The number of nitrogens with one attached hydrogen (secondary N) is 1. The molecule has 5 heteroatoms. The fraction of sp³-hybridized carbons (Fsp3) is 0.538. The first-order valence-corrected chi connectivity index (χ1v) is 6.13. The van der Waals surface area contributed by atoms with E-state index in [1.54, 1.807) is 6.07 Å². The highest BCUT2D eigenvalue weighted by Crippen LogP contribution is 2.23. The van der Waals surface area contributed by atoms with Crippen molar-refractivity contribution in [3.05, 3.63) is 33.9 Å². The average molecular weight is 252 g/mol. The molecule has 0 amide bonds. The molecule has 0 fully saturated rings. The molecule has 0 radical (unpaired) electrons. The number of non-ortho nitro benzene ring substituents is 1. The van der Waals surface area contributed by atoms with Crippen LogP contribution in [0.15, 0.2) is 18.2 Å². The number of nitro groups is 1. The molecule has 100 valence electrons. The highest BCUT2D eigenvalue weighted by atomic mass is 16.6. The highest BCUT2D eigenvalue weighted by Gasteiger charge is 2.22. The third-order valence-corrected chi connectivity index (χ3v) is 3.36. The number of anilines is 1. The molecule has 0 bridgehead atoms. The molecule has 0 aromatic heterocycles. The Morgan fingerprint density at radius 3 is 2.50 bits per heavy atom. The lowest BCUT2D eigenvalue weighted by Gasteiger charge is -2.26. The second-order valence-corrected chi connectivity index (χ2v) is 4.54. The van der Waals surface area contributed by atoms with Gasteiger partial charge in [-0.25, -0.2) is 0 Å². The van der Waals surface area contributed by atoms with Crippen LogP contribution in [0, 0.1) is 17.0 Å². The number of hydrogen-bond donors (Lipinski definition) is 2. The standard InChI is InChI=1S/C13H20N2O3/c1-4-13(16,5-2)9-14-12-8-11(15(17)18)7-6-10(12)3/h6-8,14,16H,4-5,9H2,1-3H3. The Balaban J connectivity index is 2.84. The van der Waals surface area contributed by atoms with Gasteiger partial charge in [0.25, 0.3) is 5.69 Å². The first-order chi connectivity index (χ1) is 8.41. The van der Waals surface area contributed by atoms with E-state index in [4.69, 9.17) is 0 Å². The van der Waals surface area contributed by atoms with E-state index in [1.165, 1.54) is 12.1 Å². The van der Waals surface area contributed by atoms with Crippen LogP contribution in [0.3, 0.4) is 0 Å². The van der Waals surface area contributed by atoms with Gasteiger partial charge in [-0.3, -0.25) is 10.1 Å². The predicted molar refractivity (Wildman–Crippen MR) is 71.9 cm³/mol. The third-order valence-electron chi connectivity index (χ3n) is 3.36. The summed E-state index contributed by atoms with van der Waals surface area (Å²) in [6.07, 6.45) is 1.29. The van der Waals surface area contributed by atoms with Crippen molar-refractivity contribution < 1.29 is 10.0 Å². The van der Waals surface area contributed by atoms with Gasteiger partial charge in [0, 0.05) is 24.4 Å². The van der Waals surface area contributed by atoms with E-state index in [0.29, 0.717) is 25.1 Å². The second-order valence-electron chi connectivity index (χ2n) is 4.54. The first-order valence-electron chi connectivity index (χ1n) is 6.13. The fourth-order valence-corrected chi connectivity index (χ4v) is 1.67. The minimum Gasteiger partial charge on any atom is -0.388 e. The largest absolute Gasteiger partial charge is 0.388 e. The Bertz CT molecular complexity index is 428. The van der Waals surface area contributed by atoms with Gasteiger partial charge < -0.3 is 10.4 Å². The van der Waals surface area contributed by atoms with Crippen LogP contribution in [-0.2, 0) is 0 Å².